The molecule has 2 atom stereocenters. The topological polar surface area (TPSA) is 75.2 Å². The number of guanidine groups is 1. The molecule has 1 aliphatic rings. The van der Waals surface area contributed by atoms with E-state index in [0.29, 0.717) is 37.7 Å². The van der Waals surface area contributed by atoms with Gasteiger partial charge in [-0.2, -0.15) is 0 Å². The zero-order chi connectivity index (χ0) is 22.2. The molecule has 2 unspecified atom stereocenters. The van der Waals surface area contributed by atoms with E-state index in [1.165, 1.54) is 0 Å². The summed E-state index contributed by atoms with van der Waals surface area (Å²) in [5, 5.41) is 6.60. The fourth-order valence-electron chi connectivity index (χ4n) is 3.73. The summed E-state index contributed by atoms with van der Waals surface area (Å²) in [4.78, 5) is 18.9. The van der Waals surface area contributed by atoms with Crippen molar-refractivity contribution in [2.45, 2.75) is 39.1 Å². The molecule has 1 saturated heterocycles. The number of nitrogens with one attached hydrogen (secondary N) is 2. The van der Waals surface area contributed by atoms with Crippen molar-refractivity contribution in [3.05, 3.63) is 65.2 Å². The molecule has 31 heavy (non-hydrogen) atoms. The first kappa shape index (κ1) is 22.6. The van der Waals surface area contributed by atoms with Crippen LogP contribution in [-0.2, 0) is 17.8 Å². The zero-order valence-electron chi connectivity index (χ0n) is 18.7. The lowest BCUT2D eigenvalue weighted by Gasteiger charge is -2.35. The second-order valence-corrected chi connectivity index (χ2v) is 7.76. The normalized spacial score (nSPS) is 19.1. The van der Waals surface area contributed by atoms with Crippen LogP contribution >= 0.6 is 0 Å². The molecular weight excluding hydrogens is 392 g/mol. The number of rotatable bonds is 6. The van der Waals surface area contributed by atoms with Crippen LogP contribution < -0.4 is 15.4 Å². The van der Waals surface area contributed by atoms with E-state index >= 15 is 0 Å². The van der Waals surface area contributed by atoms with Gasteiger partial charge in [0.15, 0.2) is 5.96 Å². The minimum absolute atomic E-state index is 0.0517. The van der Waals surface area contributed by atoms with Crippen LogP contribution in [0.15, 0.2) is 53.5 Å². The van der Waals surface area contributed by atoms with Gasteiger partial charge in [-0.05, 0) is 37.6 Å². The van der Waals surface area contributed by atoms with E-state index in [0.717, 1.165) is 16.9 Å². The third-order valence-corrected chi connectivity index (χ3v) is 5.23. The number of aliphatic imine (C=N–C) groups is 1. The van der Waals surface area contributed by atoms with Crippen molar-refractivity contribution in [1.82, 2.24) is 15.5 Å². The largest absolute Gasteiger partial charge is 0.496 e. The average molecular weight is 425 g/mol. The Bertz CT molecular complexity index is 888. The Balaban J connectivity index is 1.52. The van der Waals surface area contributed by atoms with E-state index in [1.807, 2.05) is 67.3 Å². The van der Waals surface area contributed by atoms with Crippen LogP contribution in [0.1, 0.15) is 35.3 Å². The smallest absolute Gasteiger partial charge is 0.254 e. The van der Waals surface area contributed by atoms with Crippen LogP contribution in [0, 0.1) is 0 Å². The monoisotopic (exact) mass is 424 g/mol. The standard InChI is InChI=1S/C24H32N4O3/c1-17-15-28(16-18(2)31-17)23(29)20-11-9-19(10-12-20)13-26-24(25-3)27-14-21-7-5-6-8-22(21)30-4/h5-12,17-18H,13-16H2,1-4H3,(H2,25,26,27). The highest BCUT2D eigenvalue weighted by molar-refractivity contribution is 5.94. The lowest BCUT2D eigenvalue weighted by atomic mass is 10.1. The molecule has 166 valence electrons. The number of hydrogen-bond acceptors (Lipinski definition) is 4. The van der Waals surface area contributed by atoms with Gasteiger partial charge in [0.2, 0.25) is 0 Å². The van der Waals surface area contributed by atoms with Gasteiger partial charge >= 0.3 is 0 Å². The zero-order valence-corrected chi connectivity index (χ0v) is 18.7. The number of para-hydroxylation sites is 1. The maximum Gasteiger partial charge on any atom is 0.254 e. The molecule has 3 rings (SSSR count). The maximum absolute atomic E-state index is 12.8. The summed E-state index contributed by atoms with van der Waals surface area (Å²) in [5.41, 5.74) is 2.83. The second-order valence-electron chi connectivity index (χ2n) is 7.76. The third kappa shape index (κ3) is 6.21. The van der Waals surface area contributed by atoms with Crippen LogP contribution in [0.25, 0.3) is 0 Å². The first-order chi connectivity index (χ1) is 15.0. The highest BCUT2D eigenvalue weighted by atomic mass is 16.5. The van der Waals surface area contributed by atoms with Crippen LogP contribution in [0.3, 0.4) is 0 Å². The van der Waals surface area contributed by atoms with Crippen molar-refractivity contribution < 1.29 is 14.3 Å². The van der Waals surface area contributed by atoms with Crippen LogP contribution in [0.2, 0.25) is 0 Å². The van der Waals surface area contributed by atoms with Gasteiger partial charge in [-0.3, -0.25) is 9.79 Å². The van der Waals surface area contributed by atoms with Crippen molar-refractivity contribution in [2.75, 3.05) is 27.2 Å². The number of amides is 1. The fourth-order valence-corrected chi connectivity index (χ4v) is 3.73. The molecule has 0 spiro atoms. The average Bonchev–Trinajstić information content (AvgIpc) is 2.78. The second kappa shape index (κ2) is 10.8. The summed E-state index contributed by atoms with van der Waals surface area (Å²) in [6.07, 6.45) is 0.123. The molecule has 0 aromatic heterocycles. The van der Waals surface area contributed by atoms with Gasteiger partial charge < -0.3 is 25.0 Å². The minimum atomic E-state index is 0.0517. The maximum atomic E-state index is 12.8. The van der Waals surface area contributed by atoms with Crippen molar-refractivity contribution in [1.29, 1.82) is 0 Å². The Hall–Kier alpha value is -3.06. The Morgan fingerprint density at radius 3 is 2.35 bits per heavy atom. The van der Waals surface area contributed by atoms with Gasteiger partial charge in [-0.1, -0.05) is 30.3 Å². The van der Waals surface area contributed by atoms with E-state index in [1.54, 1.807) is 14.2 Å². The Morgan fingerprint density at radius 2 is 1.71 bits per heavy atom. The van der Waals surface area contributed by atoms with Gasteiger partial charge in [-0.25, -0.2) is 0 Å². The van der Waals surface area contributed by atoms with Crippen molar-refractivity contribution in [3.8, 4) is 5.75 Å². The number of nitrogens with zero attached hydrogens (tertiary/aromatic N) is 2. The SMILES string of the molecule is CN=C(NCc1ccc(C(=O)N2CC(C)OC(C)C2)cc1)NCc1ccccc1OC. The first-order valence-corrected chi connectivity index (χ1v) is 10.6. The molecule has 0 bridgehead atoms. The third-order valence-electron chi connectivity index (χ3n) is 5.23. The molecule has 0 radical (unpaired) electrons. The number of methoxy groups -OCH3 is 1. The molecule has 1 aliphatic heterocycles. The number of carbonyl (C=O) groups is 1. The summed E-state index contributed by atoms with van der Waals surface area (Å²) in [6, 6.07) is 15.6. The van der Waals surface area contributed by atoms with Gasteiger partial charge in [0.1, 0.15) is 5.75 Å². The molecule has 1 fully saturated rings. The summed E-state index contributed by atoms with van der Waals surface area (Å²) in [7, 11) is 3.41. The van der Waals surface area contributed by atoms with Crippen LogP contribution in [0.4, 0.5) is 0 Å². The van der Waals surface area contributed by atoms with Crippen LogP contribution in [-0.4, -0.2) is 56.2 Å². The predicted molar refractivity (Wildman–Crippen MR) is 122 cm³/mol. The number of hydrogen-bond donors (Lipinski definition) is 2. The van der Waals surface area contributed by atoms with Crippen LogP contribution in [0.5, 0.6) is 5.75 Å². The van der Waals surface area contributed by atoms with E-state index < -0.39 is 0 Å². The molecule has 1 amide bonds. The molecule has 7 heteroatoms. The lowest BCUT2D eigenvalue weighted by molar-refractivity contribution is -0.0586. The predicted octanol–water partition coefficient (Wildman–Crippen LogP) is 2.81. The molecule has 2 aromatic rings. The molecular formula is C24H32N4O3. The highest BCUT2D eigenvalue weighted by Crippen LogP contribution is 2.17. The number of ether oxygens (including phenoxy) is 2. The van der Waals surface area contributed by atoms with Gasteiger partial charge in [-0.15, -0.1) is 0 Å². The van der Waals surface area contributed by atoms with Crippen molar-refractivity contribution >= 4 is 11.9 Å². The number of carbonyl (C=O) groups excluding carboxylic acids is 1. The minimum Gasteiger partial charge on any atom is -0.496 e. The van der Waals surface area contributed by atoms with E-state index in [9.17, 15) is 4.79 Å². The summed E-state index contributed by atoms with van der Waals surface area (Å²) < 4.78 is 11.1. The summed E-state index contributed by atoms with van der Waals surface area (Å²) >= 11 is 0. The Kier molecular flexibility index (Phi) is 7.89. The highest BCUT2D eigenvalue weighted by Gasteiger charge is 2.26. The summed E-state index contributed by atoms with van der Waals surface area (Å²) in [6.45, 7) is 6.46. The van der Waals surface area contributed by atoms with Gasteiger partial charge in [0.25, 0.3) is 5.91 Å². The van der Waals surface area contributed by atoms with E-state index in [2.05, 4.69) is 15.6 Å². The fraction of sp³-hybridized carbons (Fsp3) is 0.417. The molecule has 0 aliphatic carbocycles. The Labute approximate surface area is 184 Å². The molecule has 0 saturated carbocycles. The number of morpholine rings is 1. The van der Waals surface area contributed by atoms with Crippen molar-refractivity contribution in [3.63, 3.8) is 0 Å². The van der Waals surface area contributed by atoms with Crippen molar-refractivity contribution in [2.24, 2.45) is 4.99 Å². The summed E-state index contributed by atoms with van der Waals surface area (Å²) in [5.74, 6) is 1.59. The molecule has 7 nitrogen and oxygen atoms in total. The van der Waals surface area contributed by atoms with Gasteiger partial charge in [0, 0.05) is 44.4 Å². The number of benzene rings is 2. The lowest BCUT2D eigenvalue weighted by Crippen LogP contribution is -2.48. The van der Waals surface area contributed by atoms with Gasteiger partial charge in [0.05, 0.1) is 19.3 Å². The Morgan fingerprint density at radius 1 is 1.06 bits per heavy atom. The molecule has 2 N–H and O–H groups in total. The van der Waals surface area contributed by atoms with E-state index in [4.69, 9.17) is 9.47 Å². The quantitative estimate of drug-likeness (QED) is 0.551. The first-order valence-electron chi connectivity index (χ1n) is 10.6. The molecule has 1 heterocycles. The van der Waals surface area contributed by atoms with E-state index in [-0.39, 0.29) is 18.1 Å². The molecule has 2 aromatic carbocycles.